The van der Waals surface area contributed by atoms with Gasteiger partial charge in [-0.3, -0.25) is 82.1 Å². The number of likely N-dealkylation sites (N-methyl/N-ethyl adjacent to an activating group) is 3. The maximum atomic E-state index is 15.2. The first-order valence-electron chi connectivity index (χ1n) is 41.9. The maximum absolute atomic E-state index is 15.2. The minimum absolute atomic E-state index is 0.00387. The van der Waals surface area contributed by atoms with Crippen molar-refractivity contribution in [1.29, 1.82) is 5.41 Å². The predicted molar refractivity (Wildman–Crippen MR) is 463 cm³/mol. The predicted octanol–water partition coefficient (Wildman–Crippen LogP) is -5.27. The Morgan fingerprint density at radius 2 is 1.09 bits per heavy atom. The number of aromatic nitrogens is 2. The van der Waals surface area contributed by atoms with E-state index < -0.39 is 229 Å². The molecular formula is C83H119N23O19S. The number of unbranched alkanes of at least 4 members (excludes halogenated alkanes) is 1. The minimum atomic E-state index is -1.63. The first kappa shape index (κ1) is 98.9. The number of aromatic hydroxyl groups is 1. The molecule has 0 bridgehead atoms. The van der Waals surface area contributed by atoms with Crippen LogP contribution in [0.25, 0.3) is 21.8 Å². The molecule has 8 rings (SSSR count). The highest BCUT2D eigenvalue weighted by atomic mass is 32.2. The van der Waals surface area contributed by atoms with Crippen molar-refractivity contribution in [3.8, 4) is 5.75 Å². The molecule has 3 aromatic carbocycles. The van der Waals surface area contributed by atoms with E-state index in [9.17, 15) is 77.6 Å². The molecule has 686 valence electrons. The van der Waals surface area contributed by atoms with Gasteiger partial charge in [0.15, 0.2) is 5.96 Å². The first-order chi connectivity index (χ1) is 60.1. The fraction of sp³-hybridized carbons (Fsp3) is 0.530. The molecule has 2 aromatic heterocycles. The highest BCUT2D eigenvalue weighted by Gasteiger charge is 2.44. The lowest BCUT2D eigenvalue weighted by atomic mass is 10.0. The number of amides is 16. The summed E-state index contributed by atoms with van der Waals surface area (Å²) in [7, 11) is 3.84. The largest absolute Gasteiger partial charge is 0.508 e. The number of rotatable bonds is 22. The van der Waals surface area contributed by atoms with Crippen LogP contribution in [0.4, 0.5) is 0 Å². The number of aliphatic hydroxyl groups is 2. The molecule has 3 aliphatic heterocycles. The normalized spacial score (nSPS) is 25.1. The van der Waals surface area contributed by atoms with Gasteiger partial charge in [0.25, 0.3) is 0 Å². The van der Waals surface area contributed by atoms with Crippen LogP contribution < -0.4 is 81.4 Å². The molecule has 5 aromatic rings. The molecule has 0 radical (unpaired) electrons. The van der Waals surface area contributed by atoms with Crippen molar-refractivity contribution >= 4 is 134 Å². The summed E-state index contributed by atoms with van der Waals surface area (Å²) in [5.41, 5.74) is 25.9. The van der Waals surface area contributed by atoms with E-state index >= 15 is 14.4 Å². The summed E-state index contributed by atoms with van der Waals surface area (Å²) in [5, 5.41) is 69.6. The monoisotopic (exact) mass is 1770 g/mol. The van der Waals surface area contributed by atoms with Gasteiger partial charge in [0.1, 0.15) is 84.3 Å². The molecule has 3 aliphatic rings. The topological polar surface area (TPSA) is 642 Å². The van der Waals surface area contributed by atoms with Gasteiger partial charge in [0.2, 0.25) is 94.5 Å². The van der Waals surface area contributed by atoms with Crippen molar-refractivity contribution in [2.45, 2.75) is 195 Å². The SMILES string of the molecule is CCCC[C@H]1C(=O)N[C@@H](CC(N)=O)C(=O)N2CCC[C@H]2CN[C@@H](CO)C(=O)N[C@@H](CCO)C(=O)N2CCC[C@H]2C(=O)N[C@@H](Cc2c[nH]c3ccccc23)C(=O)N[C@@H](CN)C(=O)N[C@@H](Cc2c[nH]c3ccccc23)C(=O)N(C)[C@@H](C)C(=O)N(C)[C@@H](C)C(=O)N[C@@H](CCCNC(=N)N)C(=O)NC(C(=O)NCC(N)=O)CSCC(=O)N[C@@H](Cc2ccc(O)cc2)C(=O)N1C. The van der Waals surface area contributed by atoms with Crippen molar-refractivity contribution in [3.63, 3.8) is 0 Å². The third kappa shape index (κ3) is 27.3. The Hall–Kier alpha value is -12.5. The van der Waals surface area contributed by atoms with E-state index in [0.717, 1.165) is 26.5 Å². The summed E-state index contributed by atoms with van der Waals surface area (Å²) < 4.78 is 0. The van der Waals surface area contributed by atoms with Gasteiger partial charge in [-0.25, -0.2) is 0 Å². The molecule has 3 saturated heterocycles. The van der Waals surface area contributed by atoms with E-state index in [1.165, 1.54) is 69.1 Å². The van der Waals surface area contributed by atoms with E-state index in [-0.39, 0.29) is 89.7 Å². The van der Waals surface area contributed by atoms with Crippen LogP contribution in [0.2, 0.25) is 0 Å². The number of H-pyrrole nitrogens is 2. The Labute approximate surface area is 732 Å². The van der Waals surface area contributed by atoms with Gasteiger partial charge < -0.3 is 131 Å². The van der Waals surface area contributed by atoms with Crippen molar-refractivity contribution in [1.82, 2.24) is 93.0 Å². The fourth-order valence-electron chi connectivity index (χ4n) is 15.4. The van der Waals surface area contributed by atoms with Crippen LogP contribution >= 0.6 is 11.8 Å². The van der Waals surface area contributed by atoms with Gasteiger partial charge >= 0.3 is 0 Å². The Morgan fingerprint density at radius 1 is 0.540 bits per heavy atom. The summed E-state index contributed by atoms with van der Waals surface area (Å²) in [6.45, 7) is 1.56. The molecule has 43 heteroatoms. The van der Waals surface area contributed by atoms with Crippen LogP contribution in [0.15, 0.2) is 85.2 Å². The van der Waals surface area contributed by atoms with Crippen LogP contribution in [-0.2, 0) is 96.0 Å². The molecule has 3 fully saturated rings. The Kier molecular flexibility index (Phi) is 37.4. The minimum Gasteiger partial charge on any atom is -0.508 e. The van der Waals surface area contributed by atoms with Crippen molar-refractivity contribution in [2.75, 3.05) is 85.1 Å². The number of primary amides is 2. The van der Waals surface area contributed by atoms with E-state index in [1.54, 1.807) is 60.9 Å². The van der Waals surface area contributed by atoms with Gasteiger partial charge in [-0.2, -0.15) is 0 Å². The number of hydrogen-bond donors (Lipinski definition) is 21. The highest BCUT2D eigenvalue weighted by Crippen LogP contribution is 2.26. The fourth-order valence-corrected chi connectivity index (χ4v) is 16.2. The molecule has 0 aliphatic carbocycles. The molecule has 5 heterocycles. The van der Waals surface area contributed by atoms with Gasteiger partial charge in [-0.05, 0) is 106 Å². The molecule has 1 unspecified atom stereocenters. The lowest BCUT2D eigenvalue weighted by molar-refractivity contribution is -0.148. The second kappa shape index (κ2) is 47.6. The standard InChI is InChI=1S/C83H119N23O19S/c1-7-8-22-65-76(119)99-61(36-67(85)110)82(125)105-30-14-16-50(105)40-92-63(42-108)75(118)96-57(28-32-107)81(124)106-31-15-23-66(106)77(120)97-58(34-48-38-90-54-19-11-9-17-52(48)54)73(116)100-62(37-84)74(117)98-60(35-49-39-91-55-20-12-10-18-53(49)55)79(122)103(5)46(3)78(121)102(4)45(2)70(113)95-56(21-13-29-89-83(87)88)72(115)101-64(71(114)93-41-68(86)111)43-126-44-69(112)94-59(80(123)104(65)6)33-47-24-26-51(109)27-25-47/h9-12,17-20,24-27,38-39,45-46,50,56-66,90-92,107-109H,7-8,13-16,21-23,28-37,40-44,84H2,1-6H3,(H2,85,110)(H2,86,111)(H,93,114)(H,94,112)(H,95,113)(H,96,118)(H,97,120)(H,98,117)(H,99,119)(H,100,116)(H,101,115)(H4,87,88,89)/t45-,46-,50-,56-,57-,58-,59-,60-,61-,62-,63-,64?,65-,66-/m0/s1. The lowest BCUT2D eigenvalue weighted by Crippen LogP contribution is -2.62. The van der Waals surface area contributed by atoms with Crippen LogP contribution in [0.5, 0.6) is 5.75 Å². The average Bonchev–Trinajstić information content (AvgIpc) is 1.61. The Morgan fingerprint density at radius 3 is 1.71 bits per heavy atom. The smallest absolute Gasteiger partial charge is 0.245 e. The van der Waals surface area contributed by atoms with Gasteiger partial charge in [0, 0.05) is 126 Å². The number of hydrogen-bond acceptors (Lipinski definition) is 23. The number of carbonyl (C=O) groups excluding carboxylic acids is 16. The number of nitrogens with two attached hydrogens (primary N) is 4. The van der Waals surface area contributed by atoms with Crippen LogP contribution in [0, 0.1) is 5.41 Å². The van der Waals surface area contributed by atoms with E-state index in [1.807, 2.05) is 6.92 Å². The zero-order chi connectivity index (χ0) is 92.2. The average molecular weight is 1780 g/mol. The number of fused-ring (bicyclic) bond motifs is 4. The van der Waals surface area contributed by atoms with E-state index in [2.05, 4.69) is 68.5 Å². The van der Waals surface area contributed by atoms with Crippen LogP contribution in [0.3, 0.4) is 0 Å². The molecular weight excluding hydrogens is 1660 g/mol. The van der Waals surface area contributed by atoms with Crippen LogP contribution in [0.1, 0.15) is 108 Å². The number of aliphatic hydroxyl groups excluding tert-OH is 2. The molecule has 25 N–H and O–H groups in total. The number of guanidine groups is 1. The van der Waals surface area contributed by atoms with Gasteiger partial charge in [-0.15, -0.1) is 11.8 Å². The number of nitrogens with zero attached hydrogens (tertiary/aromatic N) is 5. The summed E-state index contributed by atoms with van der Waals surface area (Å²) in [5.74, 6) is -15.8. The quantitative estimate of drug-likeness (QED) is 0.0175. The summed E-state index contributed by atoms with van der Waals surface area (Å²) in [6.07, 6.45) is 3.15. The number of aromatic amines is 2. The molecule has 16 amide bonds. The second-order valence-corrected chi connectivity index (χ2v) is 32.7. The molecule has 0 spiro atoms. The van der Waals surface area contributed by atoms with Gasteiger partial charge in [0.05, 0.1) is 25.3 Å². The third-order valence-corrected chi connectivity index (χ3v) is 23.8. The van der Waals surface area contributed by atoms with E-state index in [4.69, 9.17) is 28.3 Å². The first-order valence-corrected chi connectivity index (χ1v) is 43.1. The molecule has 14 atom stereocenters. The van der Waals surface area contributed by atoms with Crippen molar-refractivity contribution < 1.29 is 92.0 Å². The van der Waals surface area contributed by atoms with Crippen molar-refractivity contribution in [3.05, 3.63) is 102 Å². The summed E-state index contributed by atoms with van der Waals surface area (Å²) >= 11 is 0.774. The van der Waals surface area contributed by atoms with Crippen molar-refractivity contribution in [2.24, 2.45) is 22.9 Å². The number of phenolic OH excluding ortho intramolecular Hbond substituents is 1. The Bertz CT molecular complexity index is 4720. The molecule has 126 heavy (non-hydrogen) atoms. The highest BCUT2D eigenvalue weighted by molar-refractivity contribution is 8.00. The van der Waals surface area contributed by atoms with E-state index in [0.29, 0.717) is 64.2 Å². The zero-order valence-electron chi connectivity index (χ0n) is 71.5. The lowest BCUT2D eigenvalue weighted by Gasteiger charge is -2.34. The van der Waals surface area contributed by atoms with Crippen LogP contribution in [-0.4, -0.2) is 320 Å². The zero-order valence-corrected chi connectivity index (χ0v) is 72.3. The number of benzene rings is 3. The molecule has 0 saturated carbocycles. The number of carbonyl (C=O) groups is 16. The third-order valence-electron chi connectivity index (χ3n) is 22.7. The number of phenols is 1. The number of thioether (sulfide) groups is 1. The Balaban J connectivity index is 1.14. The van der Waals surface area contributed by atoms with Gasteiger partial charge in [-0.1, -0.05) is 68.3 Å². The maximum Gasteiger partial charge on any atom is 0.245 e. The molecule has 42 nitrogen and oxygen atoms in total. The number of para-hydroxylation sites is 2. The summed E-state index contributed by atoms with van der Waals surface area (Å²) in [4.78, 5) is 243. The number of nitrogens with one attached hydrogen (secondary N) is 14. The second-order valence-electron chi connectivity index (χ2n) is 31.7. The summed E-state index contributed by atoms with van der Waals surface area (Å²) in [6, 6.07) is -0.316.